The summed E-state index contributed by atoms with van der Waals surface area (Å²) >= 11 is 0. The Balaban J connectivity index is 1.61. The first kappa shape index (κ1) is 56.3. The van der Waals surface area contributed by atoms with E-state index in [2.05, 4.69) is 10.6 Å². The van der Waals surface area contributed by atoms with Crippen LogP contribution in [0.25, 0.3) is 0 Å². The van der Waals surface area contributed by atoms with E-state index in [1.807, 2.05) is 0 Å². The lowest BCUT2D eigenvalue weighted by Crippen LogP contribution is -2.72. The highest BCUT2D eigenvalue weighted by atomic mass is 16.8. The first-order valence-corrected chi connectivity index (χ1v) is 21.2. The molecule has 0 unspecified atom stereocenters. The maximum atomic E-state index is 13.4. The van der Waals surface area contributed by atoms with Crippen molar-refractivity contribution in [1.29, 1.82) is 0 Å². The highest BCUT2D eigenvalue weighted by molar-refractivity contribution is 5.76. The fourth-order valence-electron chi connectivity index (χ4n) is 8.53. The summed E-state index contributed by atoms with van der Waals surface area (Å²) in [6.07, 6.45) is -48.5. The normalized spacial score (nSPS) is 46.6. The number of amides is 2. The molecule has 5 rings (SSSR count). The molecule has 26 atom stereocenters. The van der Waals surface area contributed by atoms with Crippen LogP contribution in [0.15, 0.2) is 0 Å². The van der Waals surface area contributed by atoms with Gasteiger partial charge in [0.2, 0.25) is 11.8 Å². The quantitative estimate of drug-likeness (QED) is 0.0606. The standard InChI is InChI=1S/C37H62N2O29/c1-9(45)38-17-11(47)3-37(36(58)59,67-30(17)19(49)12(48)4-40)68-31-26(56)35(64-27-15(7-43)60-32(57)24(54)23(27)53)63-16(8-44)28(31)65-33-18(39-10(2)46)29(21(51)14(6-42)61-33)66-34-25(55)22(52)20(50)13(5-41)62-34/h11-35,40-44,47-57H,3-8H2,1-2H3,(H,38,45)(H,39,46)(H,58,59)/t11-,12+,13+,14+,15+,16+,17+,18+,19-,20-,21-,22-,23+,24+,25+,26+,27+,28-,29+,30+,31+,32+,33-,34-,35-,37-/m0/s1. The summed E-state index contributed by atoms with van der Waals surface area (Å²) in [6.45, 7) is -3.48. The van der Waals surface area contributed by atoms with Gasteiger partial charge in [-0.25, -0.2) is 4.79 Å². The van der Waals surface area contributed by atoms with Crippen LogP contribution < -0.4 is 10.6 Å². The minimum absolute atomic E-state index is 0.856. The van der Waals surface area contributed by atoms with E-state index in [0.29, 0.717) is 0 Å². The largest absolute Gasteiger partial charge is 0.477 e. The van der Waals surface area contributed by atoms with Crippen molar-refractivity contribution in [1.82, 2.24) is 10.6 Å². The molecule has 5 aliphatic heterocycles. The Labute approximate surface area is 384 Å². The predicted molar refractivity (Wildman–Crippen MR) is 207 cm³/mol. The second-order valence-electron chi connectivity index (χ2n) is 16.8. The fourth-order valence-corrected chi connectivity index (χ4v) is 8.53. The second-order valence-corrected chi connectivity index (χ2v) is 16.8. The summed E-state index contributed by atoms with van der Waals surface area (Å²) < 4.78 is 51.6. The van der Waals surface area contributed by atoms with Crippen molar-refractivity contribution in [3.8, 4) is 0 Å². The van der Waals surface area contributed by atoms with E-state index in [4.69, 9.17) is 42.6 Å². The molecule has 0 spiro atoms. The predicted octanol–water partition coefficient (Wildman–Crippen LogP) is -12.4. The molecule has 68 heavy (non-hydrogen) atoms. The number of hydrogen-bond donors (Lipinski definition) is 19. The molecule has 2 amide bonds. The van der Waals surface area contributed by atoms with Gasteiger partial charge < -0.3 is 140 Å². The first-order chi connectivity index (χ1) is 32.0. The molecular weight excluding hydrogens is 936 g/mol. The van der Waals surface area contributed by atoms with Crippen molar-refractivity contribution >= 4 is 17.8 Å². The molecule has 5 fully saturated rings. The summed E-state index contributed by atoms with van der Waals surface area (Å²) in [6, 6.07) is -3.59. The van der Waals surface area contributed by atoms with Crippen LogP contribution >= 0.6 is 0 Å². The van der Waals surface area contributed by atoms with Gasteiger partial charge in [-0.1, -0.05) is 0 Å². The number of ether oxygens (including phenoxy) is 9. The molecule has 0 aromatic carbocycles. The molecule has 5 aliphatic rings. The van der Waals surface area contributed by atoms with Crippen molar-refractivity contribution in [3.05, 3.63) is 0 Å². The Morgan fingerprint density at radius 1 is 0.574 bits per heavy atom. The zero-order valence-corrected chi connectivity index (χ0v) is 36.2. The Morgan fingerprint density at radius 3 is 1.63 bits per heavy atom. The third kappa shape index (κ3) is 11.8. The molecule has 0 saturated carbocycles. The van der Waals surface area contributed by atoms with Gasteiger partial charge in [0.1, 0.15) is 116 Å². The van der Waals surface area contributed by atoms with Crippen LogP contribution in [0, 0.1) is 0 Å². The van der Waals surface area contributed by atoms with Crippen molar-refractivity contribution < 1.29 is 144 Å². The van der Waals surface area contributed by atoms with E-state index in [1.165, 1.54) is 0 Å². The summed E-state index contributed by atoms with van der Waals surface area (Å²) in [7, 11) is 0. The minimum atomic E-state index is -3.32. The second kappa shape index (κ2) is 23.8. The number of rotatable bonds is 18. The van der Waals surface area contributed by atoms with Crippen LogP contribution in [-0.4, -0.2) is 297 Å². The van der Waals surface area contributed by atoms with Crippen LogP contribution in [0.2, 0.25) is 0 Å². The van der Waals surface area contributed by atoms with Crippen LogP contribution in [0.5, 0.6) is 0 Å². The van der Waals surface area contributed by atoms with E-state index < -0.39 is 216 Å². The number of aliphatic carboxylic acids is 1. The number of carbonyl (C=O) groups excluding carboxylic acids is 2. The van der Waals surface area contributed by atoms with Crippen LogP contribution in [0.3, 0.4) is 0 Å². The number of aliphatic hydroxyl groups is 16. The van der Waals surface area contributed by atoms with E-state index in [-0.39, 0.29) is 0 Å². The topological polar surface area (TPSA) is 502 Å². The van der Waals surface area contributed by atoms with Gasteiger partial charge in [0, 0.05) is 20.3 Å². The highest BCUT2D eigenvalue weighted by Crippen LogP contribution is 2.40. The van der Waals surface area contributed by atoms with Gasteiger partial charge in [-0.3, -0.25) is 9.59 Å². The molecule has 0 aromatic heterocycles. The van der Waals surface area contributed by atoms with Crippen molar-refractivity contribution in [2.45, 2.75) is 179 Å². The third-order valence-corrected chi connectivity index (χ3v) is 12.1. The molecule has 5 saturated heterocycles. The maximum Gasteiger partial charge on any atom is 0.364 e. The molecule has 394 valence electrons. The van der Waals surface area contributed by atoms with Gasteiger partial charge in [-0.2, -0.15) is 0 Å². The molecule has 5 heterocycles. The SMILES string of the molecule is CC(=O)N[C@H]1[C@H](O[C@@H]2[C@H](O[C@]3(C(=O)O)C[C@H](O)[C@@H](NC(C)=O)[C@H]([C@@H](O)[C@H](O)CO)O3)[C@@H](O)[C@H](O[C@H]3[C@H](O)[C@@H](O)[C@H](O)O[C@@H]3CO)O[C@@H]2CO)O[C@H](CO)[C@H](O)[C@@H]1O[C@@H]1O[C@H](CO)[C@H](O)[C@H](O)[C@H]1O. The molecule has 0 aliphatic carbocycles. The van der Waals surface area contributed by atoms with Crippen LogP contribution in [-0.2, 0) is 57.0 Å². The Morgan fingerprint density at radius 2 is 1.07 bits per heavy atom. The molecule has 0 aromatic rings. The number of nitrogens with one attached hydrogen (secondary N) is 2. The third-order valence-electron chi connectivity index (χ3n) is 12.1. The van der Waals surface area contributed by atoms with E-state index in [1.54, 1.807) is 0 Å². The van der Waals surface area contributed by atoms with Crippen molar-refractivity contribution in [2.24, 2.45) is 0 Å². The highest BCUT2D eigenvalue weighted by Gasteiger charge is 2.62. The summed E-state index contributed by atoms with van der Waals surface area (Å²) in [5.41, 5.74) is 0. The van der Waals surface area contributed by atoms with E-state index in [9.17, 15) is 101 Å². The average molecular weight is 999 g/mol. The summed E-state index contributed by atoms with van der Waals surface area (Å²) in [5, 5.41) is 185. The van der Waals surface area contributed by atoms with Gasteiger partial charge in [0.05, 0.1) is 45.2 Å². The van der Waals surface area contributed by atoms with E-state index >= 15 is 0 Å². The number of aliphatic hydroxyl groups excluding tert-OH is 16. The molecule has 31 heteroatoms. The maximum absolute atomic E-state index is 13.4. The zero-order chi connectivity index (χ0) is 50.7. The van der Waals surface area contributed by atoms with Crippen LogP contribution in [0.1, 0.15) is 20.3 Å². The summed E-state index contributed by atoms with van der Waals surface area (Å²) in [4.78, 5) is 38.3. The Bertz CT molecular complexity index is 1650. The van der Waals surface area contributed by atoms with Gasteiger partial charge in [0.15, 0.2) is 25.2 Å². The van der Waals surface area contributed by atoms with Crippen molar-refractivity contribution in [3.63, 3.8) is 0 Å². The number of carbonyl (C=O) groups is 3. The minimum Gasteiger partial charge on any atom is -0.477 e. The van der Waals surface area contributed by atoms with Gasteiger partial charge >= 0.3 is 5.97 Å². The molecule has 0 bridgehead atoms. The monoisotopic (exact) mass is 998 g/mol. The first-order valence-electron chi connectivity index (χ1n) is 21.2. The number of hydrogen-bond acceptors (Lipinski definition) is 28. The molecular formula is C37H62N2O29. The van der Waals surface area contributed by atoms with Gasteiger partial charge in [-0.15, -0.1) is 0 Å². The Hall–Kier alpha value is -2.59. The van der Waals surface area contributed by atoms with Crippen molar-refractivity contribution in [2.75, 3.05) is 33.0 Å². The summed E-state index contributed by atoms with van der Waals surface area (Å²) in [5.74, 6) is -7.24. The van der Waals surface area contributed by atoms with Gasteiger partial charge in [-0.05, 0) is 0 Å². The number of carboxylic acids is 1. The smallest absolute Gasteiger partial charge is 0.364 e. The lowest BCUT2D eigenvalue weighted by Gasteiger charge is -2.52. The van der Waals surface area contributed by atoms with Crippen LogP contribution in [0.4, 0.5) is 0 Å². The Kier molecular flexibility index (Phi) is 19.7. The van der Waals surface area contributed by atoms with E-state index in [0.717, 1.165) is 13.8 Å². The zero-order valence-electron chi connectivity index (χ0n) is 36.2. The average Bonchev–Trinajstić information content (AvgIpc) is 3.29. The fraction of sp³-hybridized carbons (Fsp3) is 0.919. The van der Waals surface area contributed by atoms with Gasteiger partial charge in [0.25, 0.3) is 5.79 Å². The lowest BCUT2D eigenvalue weighted by atomic mass is 9.88. The lowest BCUT2D eigenvalue weighted by molar-refractivity contribution is -0.402. The molecule has 31 nitrogen and oxygen atoms in total. The molecule has 0 radical (unpaired) electrons. The number of carboxylic acid groups (broad SMARTS) is 1. The molecule has 19 N–H and O–H groups in total.